The molecule has 3 aromatic rings. The number of aromatic nitrogens is 2. The normalized spacial score (nSPS) is 17.2. The molecule has 2 aromatic carbocycles. The first-order valence-electron chi connectivity index (χ1n) is 12.6. The van der Waals surface area contributed by atoms with Crippen LogP contribution in [0.4, 0.5) is 4.39 Å². The molecule has 2 atom stereocenters. The maximum atomic E-state index is 14.7. The molecule has 1 fully saturated rings. The zero-order chi connectivity index (χ0) is 26.1. The van der Waals surface area contributed by atoms with Gasteiger partial charge in [0.05, 0.1) is 17.8 Å². The Hall–Kier alpha value is -3.50. The van der Waals surface area contributed by atoms with Crippen molar-refractivity contribution in [1.29, 1.82) is 0 Å². The molecule has 2 unspecified atom stereocenters. The zero-order valence-electron chi connectivity index (χ0n) is 20.9. The summed E-state index contributed by atoms with van der Waals surface area (Å²) in [4.78, 5) is 28.4. The van der Waals surface area contributed by atoms with Gasteiger partial charge in [-0.15, -0.1) is 0 Å². The zero-order valence-corrected chi connectivity index (χ0v) is 20.9. The summed E-state index contributed by atoms with van der Waals surface area (Å²) in [5.41, 5.74) is 1.22. The molecule has 2 aliphatic heterocycles. The summed E-state index contributed by atoms with van der Waals surface area (Å²) in [7, 11) is 0. The summed E-state index contributed by atoms with van der Waals surface area (Å²) in [5.74, 6) is -1.99. The van der Waals surface area contributed by atoms with E-state index in [4.69, 9.17) is 9.47 Å². The van der Waals surface area contributed by atoms with Crippen LogP contribution in [-0.4, -0.2) is 70.4 Å². The summed E-state index contributed by atoms with van der Waals surface area (Å²) >= 11 is 0. The largest absolute Gasteiger partial charge is 0.486 e. The third kappa shape index (κ3) is 5.17. The van der Waals surface area contributed by atoms with E-state index in [2.05, 4.69) is 15.3 Å². The van der Waals surface area contributed by atoms with E-state index in [-0.39, 0.29) is 41.9 Å². The SMILES string of the molecule is CC(C)n1ncc2ccc(C(=O)C(=O)NC(CN3CCCC3)C(O)c3cc(F)c4c(c3)OCCO4)cc21. The third-order valence-corrected chi connectivity index (χ3v) is 6.87. The second kappa shape index (κ2) is 10.5. The van der Waals surface area contributed by atoms with Gasteiger partial charge >= 0.3 is 0 Å². The molecule has 9 nitrogen and oxygen atoms in total. The standard InChI is InChI=1S/C27H31FN4O5/c1-16(2)32-22-12-17(5-6-18(22)14-29-32)25(34)27(35)30-21(15-31-7-3-4-8-31)24(33)19-11-20(28)26-23(13-19)36-9-10-37-26/h5-6,11-14,16,21,24,33H,3-4,7-10,15H2,1-2H3,(H,30,35). The fourth-order valence-electron chi connectivity index (χ4n) is 4.96. The van der Waals surface area contributed by atoms with Crippen molar-refractivity contribution >= 4 is 22.6 Å². The second-order valence-electron chi connectivity index (χ2n) is 9.85. The van der Waals surface area contributed by atoms with Crippen LogP contribution in [0.2, 0.25) is 0 Å². The van der Waals surface area contributed by atoms with E-state index in [1.54, 1.807) is 29.1 Å². The highest BCUT2D eigenvalue weighted by molar-refractivity contribution is 6.43. The molecule has 0 bridgehead atoms. The summed E-state index contributed by atoms with van der Waals surface area (Å²) in [6.45, 7) is 6.43. The monoisotopic (exact) mass is 510 g/mol. The number of hydrogen-bond donors (Lipinski definition) is 2. The van der Waals surface area contributed by atoms with Crippen LogP contribution in [0, 0.1) is 5.82 Å². The summed E-state index contributed by atoms with van der Waals surface area (Å²) in [5, 5.41) is 19.2. The second-order valence-corrected chi connectivity index (χ2v) is 9.85. The van der Waals surface area contributed by atoms with Crippen LogP contribution in [0.25, 0.3) is 10.9 Å². The van der Waals surface area contributed by atoms with Crippen molar-refractivity contribution in [2.75, 3.05) is 32.8 Å². The molecule has 5 rings (SSSR count). The summed E-state index contributed by atoms with van der Waals surface area (Å²) in [6, 6.07) is 6.96. The van der Waals surface area contributed by atoms with Crippen LogP contribution in [0.15, 0.2) is 36.5 Å². The van der Waals surface area contributed by atoms with E-state index in [1.807, 2.05) is 13.8 Å². The van der Waals surface area contributed by atoms with Gasteiger partial charge in [0.15, 0.2) is 17.3 Å². The minimum absolute atomic E-state index is 0.00790. The molecule has 3 heterocycles. The van der Waals surface area contributed by atoms with Crippen molar-refractivity contribution in [1.82, 2.24) is 20.0 Å². The van der Waals surface area contributed by atoms with Crippen molar-refractivity contribution < 1.29 is 28.6 Å². The number of ether oxygens (including phenoxy) is 2. The maximum absolute atomic E-state index is 14.7. The lowest BCUT2D eigenvalue weighted by atomic mass is 9.99. The van der Waals surface area contributed by atoms with Gasteiger partial charge in [-0.2, -0.15) is 5.10 Å². The lowest BCUT2D eigenvalue weighted by Crippen LogP contribution is -2.48. The molecule has 2 aliphatic rings. The predicted octanol–water partition coefficient (Wildman–Crippen LogP) is 3.02. The average molecular weight is 511 g/mol. The van der Waals surface area contributed by atoms with Crippen LogP contribution in [0.5, 0.6) is 11.5 Å². The van der Waals surface area contributed by atoms with Gasteiger partial charge in [0, 0.05) is 23.5 Å². The molecule has 1 saturated heterocycles. The van der Waals surface area contributed by atoms with Gasteiger partial charge in [-0.3, -0.25) is 14.3 Å². The molecule has 196 valence electrons. The highest BCUT2D eigenvalue weighted by Gasteiger charge is 2.31. The topological polar surface area (TPSA) is 106 Å². The Kier molecular flexibility index (Phi) is 7.12. The van der Waals surface area contributed by atoms with Crippen molar-refractivity contribution in [2.45, 2.75) is 44.9 Å². The number of carbonyl (C=O) groups excluding carboxylic acids is 2. The maximum Gasteiger partial charge on any atom is 0.292 e. The third-order valence-electron chi connectivity index (χ3n) is 6.87. The molecule has 10 heteroatoms. The first kappa shape index (κ1) is 25.2. The molecule has 37 heavy (non-hydrogen) atoms. The number of amides is 1. The van der Waals surface area contributed by atoms with E-state index in [1.165, 1.54) is 12.1 Å². The molecule has 0 saturated carbocycles. The van der Waals surface area contributed by atoms with Crippen LogP contribution >= 0.6 is 0 Å². The van der Waals surface area contributed by atoms with E-state index in [0.29, 0.717) is 6.54 Å². The van der Waals surface area contributed by atoms with Crippen molar-refractivity contribution in [3.8, 4) is 11.5 Å². The Balaban J connectivity index is 1.39. The van der Waals surface area contributed by atoms with E-state index in [9.17, 15) is 19.1 Å². The van der Waals surface area contributed by atoms with Gasteiger partial charge in [0.2, 0.25) is 5.78 Å². The molecule has 2 N–H and O–H groups in total. The van der Waals surface area contributed by atoms with Gasteiger partial charge in [0.25, 0.3) is 5.91 Å². The minimum Gasteiger partial charge on any atom is -0.486 e. The number of likely N-dealkylation sites (tertiary alicyclic amines) is 1. The number of fused-ring (bicyclic) bond motifs is 2. The fraction of sp³-hybridized carbons (Fsp3) is 0.444. The predicted molar refractivity (Wildman–Crippen MR) is 134 cm³/mol. The number of halogens is 1. The number of carbonyl (C=O) groups is 2. The number of hydrogen-bond acceptors (Lipinski definition) is 7. The Labute approximate surface area is 214 Å². The minimum atomic E-state index is -1.27. The highest BCUT2D eigenvalue weighted by atomic mass is 19.1. The number of rotatable bonds is 8. The number of Topliss-reactive ketones (excluding diaryl/α,β-unsaturated/α-hetero) is 1. The molecular weight excluding hydrogens is 479 g/mol. The van der Waals surface area contributed by atoms with Gasteiger partial charge in [-0.1, -0.05) is 12.1 Å². The van der Waals surface area contributed by atoms with Gasteiger partial charge < -0.3 is 24.8 Å². The van der Waals surface area contributed by atoms with Gasteiger partial charge in [-0.05, 0) is 63.5 Å². The Bertz CT molecular complexity index is 1320. The number of nitrogens with zero attached hydrogens (tertiary/aromatic N) is 3. The number of ketones is 1. The molecule has 1 aromatic heterocycles. The van der Waals surface area contributed by atoms with Gasteiger partial charge in [0.1, 0.15) is 19.3 Å². The lowest BCUT2D eigenvalue weighted by Gasteiger charge is -2.29. The molecular formula is C27H31FN4O5. The summed E-state index contributed by atoms with van der Waals surface area (Å²) in [6.07, 6.45) is 2.47. The van der Waals surface area contributed by atoms with Crippen LogP contribution in [-0.2, 0) is 4.79 Å². The Morgan fingerprint density at radius 1 is 1.14 bits per heavy atom. The molecule has 1 amide bonds. The lowest BCUT2D eigenvalue weighted by molar-refractivity contribution is -0.118. The molecule has 0 spiro atoms. The van der Waals surface area contributed by atoms with Crippen molar-refractivity contribution in [3.63, 3.8) is 0 Å². The number of nitrogens with one attached hydrogen (secondary N) is 1. The first-order chi connectivity index (χ1) is 17.8. The summed E-state index contributed by atoms with van der Waals surface area (Å²) < 4.78 is 27.3. The first-order valence-corrected chi connectivity index (χ1v) is 12.6. The number of aliphatic hydroxyl groups is 1. The van der Waals surface area contributed by atoms with E-state index < -0.39 is 29.7 Å². The van der Waals surface area contributed by atoms with Crippen molar-refractivity contribution in [3.05, 3.63) is 53.5 Å². The van der Waals surface area contributed by atoms with Crippen LogP contribution < -0.4 is 14.8 Å². The van der Waals surface area contributed by atoms with E-state index in [0.717, 1.165) is 36.8 Å². The van der Waals surface area contributed by atoms with Crippen LogP contribution in [0.3, 0.4) is 0 Å². The molecule has 0 aliphatic carbocycles. The van der Waals surface area contributed by atoms with Crippen LogP contribution in [0.1, 0.15) is 54.8 Å². The highest BCUT2D eigenvalue weighted by Crippen LogP contribution is 2.36. The van der Waals surface area contributed by atoms with E-state index >= 15 is 0 Å². The van der Waals surface area contributed by atoms with Gasteiger partial charge in [-0.25, -0.2) is 4.39 Å². The molecule has 0 radical (unpaired) electrons. The van der Waals surface area contributed by atoms with Crippen molar-refractivity contribution in [2.24, 2.45) is 0 Å². The Morgan fingerprint density at radius 2 is 1.89 bits per heavy atom. The number of aliphatic hydroxyl groups excluding tert-OH is 1. The number of benzene rings is 2. The smallest absolute Gasteiger partial charge is 0.292 e. The average Bonchev–Trinajstić information content (AvgIpc) is 3.57. The quantitative estimate of drug-likeness (QED) is 0.355. The fourth-order valence-corrected chi connectivity index (χ4v) is 4.96. The Morgan fingerprint density at radius 3 is 2.65 bits per heavy atom.